The number of aryl methyl sites for hydroxylation is 1. The first-order valence-corrected chi connectivity index (χ1v) is 7.12. The molecule has 2 rings (SSSR count). The highest BCUT2D eigenvalue weighted by molar-refractivity contribution is 7.11. The number of hydrogen-bond acceptors (Lipinski definition) is 6. The maximum absolute atomic E-state index is 9.08. The number of rotatable bonds is 6. The summed E-state index contributed by atoms with van der Waals surface area (Å²) in [5.41, 5.74) is 0. The van der Waals surface area contributed by atoms with Crippen LogP contribution in [-0.2, 0) is 13.1 Å². The van der Waals surface area contributed by atoms with Gasteiger partial charge >= 0.3 is 0 Å². The second-order valence-corrected chi connectivity index (χ2v) is 6.03. The molecule has 0 aliphatic carbocycles. The molecule has 0 aliphatic heterocycles. The average Bonchev–Trinajstić information content (AvgIpc) is 2.91. The summed E-state index contributed by atoms with van der Waals surface area (Å²) in [5.74, 6) is 0. The molecular formula is C11H15N3OS2. The molecule has 0 fully saturated rings. The quantitative estimate of drug-likeness (QED) is 0.870. The second kappa shape index (κ2) is 6.20. The fourth-order valence-corrected chi connectivity index (χ4v) is 3.07. The van der Waals surface area contributed by atoms with Gasteiger partial charge in [-0.15, -0.1) is 32.9 Å². The fraction of sp³-hybridized carbons (Fsp3) is 0.455. The predicted octanol–water partition coefficient (Wildman–Crippen LogP) is 1.90. The van der Waals surface area contributed by atoms with Gasteiger partial charge in [0.1, 0.15) is 10.0 Å². The summed E-state index contributed by atoms with van der Waals surface area (Å²) in [6.07, 6.45) is 0. The summed E-state index contributed by atoms with van der Waals surface area (Å²) < 4.78 is 0. The van der Waals surface area contributed by atoms with Gasteiger partial charge in [-0.1, -0.05) is 6.07 Å². The van der Waals surface area contributed by atoms with Crippen LogP contribution in [0.15, 0.2) is 17.5 Å². The second-order valence-electron chi connectivity index (χ2n) is 3.73. The number of aromatic nitrogens is 2. The van der Waals surface area contributed by atoms with Crippen molar-refractivity contribution in [3.8, 4) is 0 Å². The van der Waals surface area contributed by atoms with Gasteiger partial charge in [-0.25, -0.2) is 0 Å². The van der Waals surface area contributed by atoms with E-state index in [4.69, 9.17) is 5.11 Å². The molecule has 6 heteroatoms. The lowest BCUT2D eigenvalue weighted by molar-refractivity contribution is 0.185. The largest absolute Gasteiger partial charge is 0.395 e. The first-order valence-electron chi connectivity index (χ1n) is 5.42. The smallest absolute Gasteiger partial charge is 0.131 e. The third-order valence-electron chi connectivity index (χ3n) is 2.30. The molecule has 0 saturated heterocycles. The number of hydrogen-bond donors (Lipinski definition) is 1. The molecule has 0 aromatic carbocycles. The van der Waals surface area contributed by atoms with Crippen LogP contribution < -0.4 is 0 Å². The normalized spacial score (nSPS) is 11.2. The van der Waals surface area contributed by atoms with Crippen LogP contribution in [0.1, 0.15) is 14.9 Å². The molecule has 0 atom stereocenters. The van der Waals surface area contributed by atoms with Crippen molar-refractivity contribution in [3.63, 3.8) is 0 Å². The zero-order valence-electron chi connectivity index (χ0n) is 9.67. The average molecular weight is 269 g/mol. The van der Waals surface area contributed by atoms with Gasteiger partial charge < -0.3 is 5.11 Å². The molecule has 2 heterocycles. The van der Waals surface area contributed by atoms with Crippen molar-refractivity contribution in [2.75, 3.05) is 13.2 Å². The van der Waals surface area contributed by atoms with Crippen LogP contribution in [-0.4, -0.2) is 33.4 Å². The van der Waals surface area contributed by atoms with Gasteiger partial charge in [0.15, 0.2) is 0 Å². The molecule has 0 amide bonds. The summed E-state index contributed by atoms with van der Waals surface area (Å²) in [5, 5.41) is 21.3. The summed E-state index contributed by atoms with van der Waals surface area (Å²) >= 11 is 3.35. The van der Waals surface area contributed by atoms with Crippen molar-refractivity contribution < 1.29 is 5.11 Å². The summed E-state index contributed by atoms with van der Waals surface area (Å²) in [7, 11) is 0. The Kier molecular flexibility index (Phi) is 4.61. The summed E-state index contributed by atoms with van der Waals surface area (Å²) in [6.45, 7) is 4.40. The van der Waals surface area contributed by atoms with Crippen molar-refractivity contribution >= 4 is 22.7 Å². The monoisotopic (exact) mass is 269 g/mol. The third kappa shape index (κ3) is 3.85. The van der Waals surface area contributed by atoms with Crippen LogP contribution >= 0.6 is 22.7 Å². The minimum Gasteiger partial charge on any atom is -0.395 e. The Balaban J connectivity index is 1.97. The maximum atomic E-state index is 9.08. The molecule has 17 heavy (non-hydrogen) atoms. The molecule has 0 radical (unpaired) electrons. The van der Waals surface area contributed by atoms with Crippen molar-refractivity contribution in [1.82, 2.24) is 15.1 Å². The number of aliphatic hydroxyl groups is 1. The lowest BCUT2D eigenvalue weighted by Gasteiger charge is -2.18. The summed E-state index contributed by atoms with van der Waals surface area (Å²) in [4.78, 5) is 3.49. The van der Waals surface area contributed by atoms with Crippen LogP contribution in [0.2, 0.25) is 0 Å². The van der Waals surface area contributed by atoms with Crippen LogP contribution in [0.4, 0.5) is 0 Å². The van der Waals surface area contributed by atoms with E-state index >= 15 is 0 Å². The zero-order valence-corrected chi connectivity index (χ0v) is 11.3. The van der Waals surface area contributed by atoms with Gasteiger partial charge in [-0.2, -0.15) is 0 Å². The van der Waals surface area contributed by atoms with Crippen molar-refractivity contribution in [1.29, 1.82) is 0 Å². The molecule has 0 bridgehead atoms. The molecule has 1 N–H and O–H groups in total. The standard InChI is InChI=1S/C11H15N3OS2/c1-9-12-13-11(17-9)8-14(4-5-15)7-10-3-2-6-16-10/h2-3,6,15H,4-5,7-8H2,1H3. The SMILES string of the molecule is Cc1nnc(CN(CCO)Cc2cccs2)s1. The lowest BCUT2D eigenvalue weighted by Crippen LogP contribution is -2.25. The van der Waals surface area contributed by atoms with E-state index in [0.29, 0.717) is 6.54 Å². The van der Waals surface area contributed by atoms with Crippen molar-refractivity contribution in [3.05, 3.63) is 32.4 Å². The van der Waals surface area contributed by atoms with E-state index in [9.17, 15) is 0 Å². The highest BCUT2D eigenvalue weighted by Crippen LogP contribution is 2.15. The van der Waals surface area contributed by atoms with Crippen LogP contribution in [0.5, 0.6) is 0 Å². The fourth-order valence-electron chi connectivity index (χ4n) is 1.57. The highest BCUT2D eigenvalue weighted by Gasteiger charge is 2.10. The Bertz CT molecular complexity index is 441. The molecule has 0 spiro atoms. The predicted molar refractivity (Wildman–Crippen MR) is 70.2 cm³/mol. The molecule has 2 aromatic heterocycles. The molecule has 2 aromatic rings. The van der Waals surface area contributed by atoms with Gasteiger partial charge in [-0.05, 0) is 18.4 Å². The maximum Gasteiger partial charge on any atom is 0.131 e. The molecule has 0 saturated carbocycles. The molecule has 4 nitrogen and oxygen atoms in total. The minimum atomic E-state index is 0.170. The number of thiophene rings is 1. The minimum absolute atomic E-state index is 0.170. The third-order valence-corrected chi connectivity index (χ3v) is 3.99. The first-order chi connectivity index (χ1) is 8.28. The van der Waals surface area contributed by atoms with Gasteiger partial charge in [0, 0.05) is 18.0 Å². The van der Waals surface area contributed by atoms with E-state index in [1.165, 1.54) is 4.88 Å². The van der Waals surface area contributed by atoms with Crippen LogP contribution in [0.25, 0.3) is 0 Å². The molecule has 92 valence electrons. The van der Waals surface area contributed by atoms with E-state index in [0.717, 1.165) is 23.1 Å². The van der Waals surface area contributed by atoms with Crippen molar-refractivity contribution in [2.45, 2.75) is 20.0 Å². The lowest BCUT2D eigenvalue weighted by atomic mass is 10.4. The Hall–Kier alpha value is -0.820. The molecular weight excluding hydrogens is 254 g/mol. The van der Waals surface area contributed by atoms with E-state index in [1.807, 2.05) is 13.0 Å². The Morgan fingerprint density at radius 3 is 2.82 bits per heavy atom. The molecule has 0 aliphatic rings. The van der Waals surface area contributed by atoms with Gasteiger partial charge in [-0.3, -0.25) is 4.90 Å². The Morgan fingerprint density at radius 1 is 1.35 bits per heavy atom. The Morgan fingerprint density at radius 2 is 2.24 bits per heavy atom. The Labute approximate surface area is 109 Å². The summed E-state index contributed by atoms with van der Waals surface area (Å²) in [6, 6.07) is 4.16. The number of aliphatic hydroxyl groups excluding tert-OH is 1. The van der Waals surface area contributed by atoms with E-state index in [-0.39, 0.29) is 6.61 Å². The first kappa shape index (κ1) is 12.6. The number of nitrogens with zero attached hydrogens (tertiary/aromatic N) is 3. The van der Waals surface area contributed by atoms with Gasteiger partial charge in [0.05, 0.1) is 13.2 Å². The van der Waals surface area contributed by atoms with E-state index in [1.54, 1.807) is 22.7 Å². The van der Waals surface area contributed by atoms with Crippen LogP contribution in [0.3, 0.4) is 0 Å². The van der Waals surface area contributed by atoms with E-state index in [2.05, 4.69) is 26.5 Å². The molecule has 0 unspecified atom stereocenters. The van der Waals surface area contributed by atoms with Gasteiger partial charge in [0.2, 0.25) is 0 Å². The van der Waals surface area contributed by atoms with E-state index < -0.39 is 0 Å². The topological polar surface area (TPSA) is 49.2 Å². The van der Waals surface area contributed by atoms with Crippen molar-refractivity contribution in [2.24, 2.45) is 0 Å². The zero-order chi connectivity index (χ0) is 12.1. The highest BCUT2D eigenvalue weighted by atomic mass is 32.1. The van der Waals surface area contributed by atoms with Gasteiger partial charge in [0.25, 0.3) is 0 Å². The van der Waals surface area contributed by atoms with Crippen LogP contribution in [0, 0.1) is 6.92 Å².